The van der Waals surface area contributed by atoms with Gasteiger partial charge in [0.1, 0.15) is 12.4 Å². The maximum atomic E-state index is 12.5. The summed E-state index contributed by atoms with van der Waals surface area (Å²) in [6.07, 6.45) is -0.245. The summed E-state index contributed by atoms with van der Waals surface area (Å²) >= 11 is 0. The van der Waals surface area contributed by atoms with E-state index in [0.717, 1.165) is 15.9 Å². The van der Waals surface area contributed by atoms with Crippen LogP contribution in [0.3, 0.4) is 0 Å². The molecule has 0 spiro atoms. The van der Waals surface area contributed by atoms with Crippen LogP contribution < -0.4 is 20.7 Å². The molecule has 1 aromatic carbocycles. The smallest absolute Gasteiger partial charge is 0.332 e. The molecule has 8 heteroatoms. The van der Waals surface area contributed by atoms with Gasteiger partial charge >= 0.3 is 5.69 Å². The minimum Gasteiger partial charge on any atom is -0.490 e. The van der Waals surface area contributed by atoms with E-state index < -0.39 is 5.69 Å². The number of hydrogen-bond donors (Lipinski definition) is 0. The van der Waals surface area contributed by atoms with Crippen LogP contribution in [0.25, 0.3) is 11.2 Å². The molecule has 136 valence electrons. The van der Waals surface area contributed by atoms with Gasteiger partial charge in [-0.15, -0.1) is 0 Å². The van der Waals surface area contributed by atoms with Crippen LogP contribution in [0, 0.1) is 13.8 Å². The van der Waals surface area contributed by atoms with Crippen LogP contribution in [-0.4, -0.2) is 31.4 Å². The predicted molar refractivity (Wildman–Crippen MR) is 96.0 cm³/mol. The van der Waals surface area contributed by atoms with Crippen molar-refractivity contribution in [2.45, 2.75) is 26.5 Å². The molecule has 2 aromatic heterocycles. The average molecular weight is 356 g/mol. The quantitative estimate of drug-likeness (QED) is 0.696. The molecule has 26 heavy (non-hydrogen) atoms. The Labute approximate surface area is 149 Å². The van der Waals surface area contributed by atoms with E-state index in [2.05, 4.69) is 11.9 Å². The van der Waals surface area contributed by atoms with E-state index in [-0.39, 0.29) is 11.7 Å². The highest BCUT2D eigenvalue weighted by molar-refractivity contribution is 5.72. The summed E-state index contributed by atoms with van der Waals surface area (Å²) in [5.74, 6) is 0.782. The van der Waals surface area contributed by atoms with Crippen molar-refractivity contribution in [2.75, 3.05) is 6.61 Å². The minimum atomic E-state index is -0.408. The lowest BCUT2D eigenvalue weighted by Crippen LogP contribution is -2.37. The number of ether oxygens (including phenoxy) is 2. The highest BCUT2D eigenvalue weighted by Gasteiger charge is 2.30. The van der Waals surface area contributed by atoms with Crippen LogP contribution >= 0.6 is 0 Å². The van der Waals surface area contributed by atoms with Gasteiger partial charge in [-0.25, -0.2) is 4.79 Å². The number of rotatable bonds is 3. The average Bonchev–Trinajstić information content (AvgIpc) is 3.16. The topological polar surface area (TPSA) is 80.3 Å². The van der Waals surface area contributed by atoms with Gasteiger partial charge in [0.25, 0.3) is 11.6 Å². The third-order valence-electron chi connectivity index (χ3n) is 4.89. The lowest BCUT2D eigenvalue weighted by Gasteiger charge is -2.13. The van der Waals surface area contributed by atoms with Gasteiger partial charge in [-0.3, -0.25) is 18.5 Å². The molecule has 0 bridgehead atoms. The highest BCUT2D eigenvalue weighted by atomic mass is 16.6. The Balaban J connectivity index is 1.59. The predicted octanol–water partition coefficient (Wildman–Crippen LogP) is 0.891. The zero-order valence-electron chi connectivity index (χ0n) is 15.1. The summed E-state index contributed by atoms with van der Waals surface area (Å²) in [6, 6.07) is 6.27. The van der Waals surface area contributed by atoms with E-state index in [4.69, 9.17) is 9.47 Å². The van der Waals surface area contributed by atoms with E-state index in [0.29, 0.717) is 30.3 Å². The van der Waals surface area contributed by atoms with Crippen LogP contribution in [0.1, 0.15) is 11.1 Å². The monoisotopic (exact) mass is 356 g/mol. The number of hydrogen-bond acceptors (Lipinski definition) is 5. The number of benzene rings is 1. The Morgan fingerprint density at radius 3 is 2.69 bits per heavy atom. The van der Waals surface area contributed by atoms with Crippen molar-refractivity contribution in [3.8, 4) is 11.8 Å². The number of nitrogens with zero attached hydrogens (tertiary/aromatic N) is 4. The molecule has 0 fully saturated rings. The first-order chi connectivity index (χ1) is 12.4. The molecule has 0 saturated heterocycles. The highest BCUT2D eigenvalue weighted by Crippen LogP contribution is 2.26. The molecule has 0 radical (unpaired) electrons. The van der Waals surface area contributed by atoms with Crippen LogP contribution in [-0.2, 0) is 20.6 Å². The Morgan fingerprint density at radius 2 is 1.96 bits per heavy atom. The molecule has 1 aliphatic rings. The molecule has 3 aromatic rings. The minimum absolute atomic E-state index is 0.245. The van der Waals surface area contributed by atoms with Crippen molar-refractivity contribution in [1.29, 1.82) is 0 Å². The molecule has 0 amide bonds. The van der Waals surface area contributed by atoms with Crippen molar-refractivity contribution < 1.29 is 9.47 Å². The zero-order valence-corrected chi connectivity index (χ0v) is 15.1. The summed E-state index contributed by atoms with van der Waals surface area (Å²) in [4.78, 5) is 28.8. The molecule has 1 aliphatic heterocycles. The fourth-order valence-electron chi connectivity index (χ4n) is 3.16. The van der Waals surface area contributed by atoms with Crippen LogP contribution in [0.15, 0.2) is 27.8 Å². The normalized spacial score (nSPS) is 15.9. The van der Waals surface area contributed by atoms with Gasteiger partial charge < -0.3 is 9.47 Å². The Hall–Kier alpha value is -3.03. The first-order valence-electron chi connectivity index (χ1n) is 8.39. The third kappa shape index (κ3) is 2.40. The molecular formula is C18H20N4O4. The summed E-state index contributed by atoms with van der Waals surface area (Å²) in [5, 5.41) is 0. The molecule has 8 nitrogen and oxygen atoms in total. The summed E-state index contributed by atoms with van der Waals surface area (Å²) in [7, 11) is 3.05. The van der Waals surface area contributed by atoms with Gasteiger partial charge in [0.15, 0.2) is 17.3 Å². The zero-order chi connectivity index (χ0) is 18.6. The van der Waals surface area contributed by atoms with E-state index in [1.807, 2.05) is 25.1 Å². The fraction of sp³-hybridized carbons (Fsp3) is 0.389. The van der Waals surface area contributed by atoms with Gasteiger partial charge in [0.2, 0.25) is 0 Å². The largest absolute Gasteiger partial charge is 0.490 e. The van der Waals surface area contributed by atoms with Gasteiger partial charge in [-0.05, 0) is 37.1 Å². The standard InChI is InChI=1S/C18H20N4O4/c1-10-5-6-12(7-11(10)2)25-9-13-8-22-14-15(19-17(22)26-13)20(3)18(24)21(4)16(14)23/h5-7,13H,8-9H2,1-4H3/t13-/m0/s1. The number of imidazole rings is 1. The third-order valence-corrected chi connectivity index (χ3v) is 4.89. The molecule has 0 saturated carbocycles. The molecule has 3 heterocycles. The lowest BCUT2D eigenvalue weighted by molar-refractivity contribution is 0.143. The Bertz CT molecular complexity index is 1140. The number of aryl methyl sites for hydroxylation is 3. The van der Waals surface area contributed by atoms with Gasteiger partial charge in [0.05, 0.1) is 6.54 Å². The molecule has 4 rings (SSSR count). The van der Waals surface area contributed by atoms with E-state index in [1.165, 1.54) is 17.2 Å². The maximum Gasteiger partial charge on any atom is 0.332 e. The molecule has 0 N–H and O–H groups in total. The second-order valence-electron chi connectivity index (χ2n) is 6.68. The Morgan fingerprint density at radius 1 is 1.19 bits per heavy atom. The van der Waals surface area contributed by atoms with Crippen molar-refractivity contribution in [3.05, 3.63) is 50.2 Å². The molecule has 1 atom stereocenters. The van der Waals surface area contributed by atoms with Crippen LogP contribution in [0.2, 0.25) is 0 Å². The molecule has 0 aliphatic carbocycles. The Kier molecular flexibility index (Phi) is 3.64. The number of aromatic nitrogens is 4. The maximum absolute atomic E-state index is 12.5. The lowest BCUT2D eigenvalue weighted by atomic mass is 10.1. The second-order valence-corrected chi connectivity index (χ2v) is 6.68. The fourth-order valence-corrected chi connectivity index (χ4v) is 3.16. The van der Waals surface area contributed by atoms with Crippen LogP contribution in [0.5, 0.6) is 11.8 Å². The van der Waals surface area contributed by atoms with E-state index in [9.17, 15) is 9.59 Å². The summed E-state index contributed by atoms with van der Waals surface area (Å²) in [6.45, 7) is 4.89. The van der Waals surface area contributed by atoms with E-state index in [1.54, 1.807) is 11.6 Å². The second kappa shape index (κ2) is 5.76. The van der Waals surface area contributed by atoms with Gasteiger partial charge in [-0.1, -0.05) is 6.07 Å². The molecular weight excluding hydrogens is 336 g/mol. The summed E-state index contributed by atoms with van der Waals surface area (Å²) < 4.78 is 15.8. The van der Waals surface area contributed by atoms with Crippen molar-refractivity contribution in [1.82, 2.24) is 18.7 Å². The molecule has 0 unspecified atom stereocenters. The van der Waals surface area contributed by atoms with E-state index >= 15 is 0 Å². The van der Waals surface area contributed by atoms with Gasteiger partial charge in [-0.2, -0.15) is 4.98 Å². The van der Waals surface area contributed by atoms with Crippen molar-refractivity contribution >= 4 is 11.2 Å². The summed E-state index contributed by atoms with van der Waals surface area (Å²) in [5.41, 5.74) is 2.30. The van der Waals surface area contributed by atoms with Crippen LogP contribution in [0.4, 0.5) is 0 Å². The first kappa shape index (κ1) is 16.4. The first-order valence-corrected chi connectivity index (χ1v) is 8.39. The van der Waals surface area contributed by atoms with Crippen molar-refractivity contribution in [3.63, 3.8) is 0 Å². The van der Waals surface area contributed by atoms with Crippen molar-refractivity contribution in [2.24, 2.45) is 14.1 Å². The number of fused-ring (bicyclic) bond motifs is 3. The van der Waals surface area contributed by atoms with Gasteiger partial charge in [0, 0.05) is 14.1 Å². The SMILES string of the molecule is Cc1ccc(OC[C@@H]2Cn3c(nc4c3c(=O)n(C)c(=O)n4C)O2)cc1C.